The number of alkyl halides is 4. The van der Waals surface area contributed by atoms with E-state index in [2.05, 4.69) is 21.3 Å². The minimum Gasteiger partial charge on any atom is -0.367 e. The van der Waals surface area contributed by atoms with Gasteiger partial charge >= 0.3 is 6.18 Å². The molecule has 8 rings (SSSR count). The van der Waals surface area contributed by atoms with E-state index in [0.717, 1.165) is 57.8 Å². The maximum atomic E-state index is 16.1. The topological polar surface area (TPSA) is 291 Å². The van der Waals surface area contributed by atoms with E-state index in [1.54, 1.807) is 26.0 Å². The normalized spacial score (nSPS) is 31.4. The fourth-order valence-electron chi connectivity index (χ4n) is 18.5. The number of nitrogens with one attached hydrogen (secondary N) is 4. The lowest BCUT2D eigenvalue weighted by molar-refractivity contribution is -0.182. The molecule has 4 aliphatic carbocycles. The molecular formula is C79H129ClF3N13O13. The van der Waals surface area contributed by atoms with Gasteiger partial charge in [0, 0.05) is 88.0 Å². The number of carbonyl (C=O) groups is 12. The second-order valence-corrected chi connectivity index (χ2v) is 34.5. The van der Waals surface area contributed by atoms with Gasteiger partial charge < -0.3 is 64.8 Å². The Morgan fingerprint density at radius 3 is 1.77 bits per heavy atom. The molecule has 4 saturated carbocycles. The Kier molecular flexibility index (Phi) is 32.3. The minimum absolute atomic E-state index is 0.0186. The van der Waals surface area contributed by atoms with Crippen molar-refractivity contribution >= 4 is 82.5 Å². The van der Waals surface area contributed by atoms with Gasteiger partial charge in [-0.05, 0) is 151 Å². The van der Waals surface area contributed by atoms with Crippen LogP contribution in [0.3, 0.4) is 0 Å². The molecule has 0 aromatic heterocycles. The van der Waals surface area contributed by atoms with E-state index in [1.165, 1.54) is 81.5 Å². The molecule has 4 saturated heterocycles. The van der Waals surface area contributed by atoms with Gasteiger partial charge in [-0.2, -0.15) is 13.2 Å². The number of likely N-dealkylation sites (N-methyl/N-ethyl adjacent to an activating group) is 7. The van der Waals surface area contributed by atoms with E-state index in [4.69, 9.17) is 16.3 Å². The Morgan fingerprint density at radius 2 is 1.19 bits per heavy atom. The first-order valence-electron chi connectivity index (χ1n) is 40.9. The number of fused-ring (bicyclic) bond motifs is 1. The lowest BCUT2D eigenvalue weighted by Gasteiger charge is -2.44. The zero-order chi connectivity index (χ0) is 79.9. The standard InChI is InChI=1S/C79H129ClF3N13O13/c1-13-50(4)67-75(106)89(6)48-66(99)96-40-35-58(96)73(104)92(9)61(43-51-25-17-14-18-26-51)72(103)88(5)47-63(97)85-57(33-30-52-29-32-55(56(80)42-52)79(81,82)83)71(102)91(8)60(44-53-31-34-64(109-12)84-46-53)70(101)87-78(36-21-22-37-78)77(108)94(11)68(54-27-19-15-20-28-54)76(107)93(10)62(74(105)95-38-23-16-24-39-95)45-65(98)90(7)59(41-49(2)3)69(100)86-67/h49-62,64,67-68,84H,13-48H2,1-12H3,(H,85,97)(H,86,100)(H,87,101)/t50-,52?,53?,55?,56?,57-,58-,59-,60-,61-,62-,64?,67-,68-/m0/s1. The summed E-state index contributed by atoms with van der Waals surface area (Å²) in [6, 6.07) is -9.83. The average Bonchev–Trinajstić information content (AvgIpc) is 1.77. The number of piperidine rings is 2. The van der Waals surface area contributed by atoms with E-state index < -0.39 is 179 Å². The molecule has 8 aliphatic rings. The van der Waals surface area contributed by atoms with Crippen LogP contribution in [0.25, 0.3) is 0 Å². The Morgan fingerprint density at radius 1 is 0.587 bits per heavy atom. The second kappa shape index (κ2) is 39.9. The SMILES string of the molecule is CC[C@H](C)[C@@H]1NC(=O)[C@H](CC(C)C)N(C)C(=O)C[C@@H](C(=O)N2CCCCC2)N(C)C(=O)[C@H](C2CCCCC2)N(C)C(=O)C2(CCCC2)NC(=O)[C@H](CC2CCC(OC)NC2)N(C)C(=O)[C@H](CCC2CCC(C(F)(F)F)C(Cl)C2)NC(=O)CN(C)C(=O)[C@H](CC2CCCCC2)N(C)C(=O)[C@@H]2CCN2C(=O)CN(C)C1=O. The maximum Gasteiger partial charge on any atom is 0.393 e. The third-order valence-electron chi connectivity index (χ3n) is 25.8. The van der Waals surface area contributed by atoms with Crippen molar-refractivity contribution in [2.45, 2.75) is 292 Å². The minimum atomic E-state index is -4.53. The average molecular weight is 1560 g/mol. The molecule has 4 heterocycles. The van der Waals surface area contributed by atoms with Crippen LogP contribution in [0.2, 0.25) is 0 Å². The van der Waals surface area contributed by atoms with Crippen LogP contribution in [-0.2, 0) is 62.3 Å². The maximum absolute atomic E-state index is 16.1. The lowest BCUT2D eigenvalue weighted by Crippen LogP contribution is -2.66. The first-order chi connectivity index (χ1) is 51.6. The van der Waals surface area contributed by atoms with E-state index in [9.17, 15) is 32.3 Å². The summed E-state index contributed by atoms with van der Waals surface area (Å²) in [5, 5.41) is 11.1. The van der Waals surface area contributed by atoms with Gasteiger partial charge in [0.2, 0.25) is 70.9 Å². The Labute approximate surface area is 649 Å². The number of hydrogen-bond acceptors (Lipinski definition) is 14. The van der Waals surface area contributed by atoms with Crippen LogP contribution in [0.5, 0.6) is 0 Å². The summed E-state index contributed by atoms with van der Waals surface area (Å²) in [6.45, 7) is 7.60. The summed E-state index contributed by atoms with van der Waals surface area (Å²) < 4.78 is 48.2. The number of carbonyl (C=O) groups excluding carboxylic acids is 12. The molecule has 8 fully saturated rings. The molecule has 0 bridgehead atoms. The first-order valence-corrected chi connectivity index (χ1v) is 41.3. The summed E-state index contributed by atoms with van der Waals surface area (Å²) in [5.74, 6) is -10.8. The highest BCUT2D eigenvalue weighted by atomic mass is 35.5. The molecule has 4 aliphatic heterocycles. The van der Waals surface area contributed by atoms with E-state index in [1.807, 2.05) is 20.8 Å². The van der Waals surface area contributed by atoms with Gasteiger partial charge in [0.15, 0.2) is 0 Å². The Balaban J connectivity index is 1.21. The molecule has 0 radical (unpaired) electrons. The van der Waals surface area contributed by atoms with Crippen molar-refractivity contribution in [1.29, 1.82) is 0 Å². The van der Waals surface area contributed by atoms with Crippen LogP contribution in [0.1, 0.15) is 220 Å². The molecule has 0 aromatic carbocycles. The molecular weight excluding hydrogens is 1430 g/mol. The highest BCUT2D eigenvalue weighted by Crippen LogP contribution is 2.44. The largest absolute Gasteiger partial charge is 0.393 e. The summed E-state index contributed by atoms with van der Waals surface area (Å²) >= 11 is 6.49. The summed E-state index contributed by atoms with van der Waals surface area (Å²) in [4.78, 5) is 196. The zero-order valence-electron chi connectivity index (χ0n) is 67.1. The smallest absolute Gasteiger partial charge is 0.367 e. The van der Waals surface area contributed by atoms with E-state index in [-0.39, 0.29) is 101 Å². The number of hydrogen-bond donors (Lipinski definition) is 4. The first kappa shape index (κ1) is 88.2. The van der Waals surface area contributed by atoms with Crippen LogP contribution in [-0.4, -0.2) is 282 Å². The number of rotatable bonds is 14. The number of likely N-dealkylation sites (tertiary alicyclic amines) is 1. The van der Waals surface area contributed by atoms with E-state index in [0.29, 0.717) is 77.4 Å². The molecule has 12 amide bonds. The van der Waals surface area contributed by atoms with Crippen molar-refractivity contribution in [2.75, 3.05) is 95.7 Å². The third-order valence-corrected chi connectivity index (χ3v) is 26.3. The predicted octanol–water partition coefficient (Wildman–Crippen LogP) is 6.83. The van der Waals surface area contributed by atoms with Gasteiger partial charge in [0.25, 0.3) is 0 Å². The molecule has 14 atom stereocenters. The third kappa shape index (κ3) is 22.3. The zero-order valence-corrected chi connectivity index (χ0v) is 67.9. The van der Waals surface area contributed by atoms with E-state index >= 15 is 38.4 Å². The number of halogens is 4. The Bertz CT molecular complexity index is 3160. The highest BCUT2D eigenvalue weighted by molar-refractivity contribution is 6.21. The van der Waals surface area contributed by atoms with Gasteiger partial charge in [0.1, 0.15) is 60.1 Å². The van der Waals surface area contributed by atoms with Crippen molar-refractivity contribution in [3.05, 3.63) is 0 Å². The molecule has 616 valence electrons. The molecule has 109 heavy (non-hydrogen) atoms. The monoisotopic (exact) mass is 1560 g/mol. The molecule has 5 unspecified atom stereocenters. The van der Waals surface area contributed by atoms with Crippen molar-refractivity contribution in [2.24, 2.45) is 41.4 Å². The number of nitrogens with zero attached hydrogens (tertiary/aromatic N) is 9. The Hall–Kier alpha value is -6.36. The van der Waals surface area contributed by atoms with Crippen molar-refractivity contribution in [1.82, 2.24) is 65.4 Å². The summed E-state index contributed by atoms with van der Waals surface area (Å²) in [7, 11) is 11.9. The summed E-state index contributed by atoms with van der Waals surface area (Å²) in [6.07, 6.45) is 8.19. The quantitative estimate of drug-likeness (QED) is 0.130. The van der Waals surface area contributed by atoms with Crippen molar-refractivity contribution in [3.8, 4) is 0 Å². The number of methoxy groups -OCH3 is 1. The molecule has 4 N–H and O–H groups in total. The molecule has 0 aromatic rings. The van der Waals surface area contributed by atoms with Gasteiger partial charge in [0.05, 0.1) is 25.4 Å². The second-order valence-electron chi connectivity index (χ2n) is 33.9. The molecule has 30 heteroatoms. The number of ether oxygens (including phenoxy) is 1. The fraction of sp³-hybridized carbons (Fsp3) is 0.848. The fourth-order valence-corrected chi connectivity index (χ4v) is 19.0. The van der Waals surface area contributed by atoms with Crippen LogP contribution in [0.15, 0.2) is 0 Å². The van der Waals surface area contributed by atoms with Crippen LogP contribution >= 0.6 is 11.6 Å². The van der Waals surface area contributed by atoms with Crippen LogP contribution in [0, 0.1) is 41.4 Å². The van der Waals surface area contributed by atoms with Crippen molar-refractivity contribution < 1.29 is 75.4 Å². The molecule has 26 nitrogen and oxygen atoms in total. The number of amides is 12. The van der Waals surface area contributed by atoms with Gasteiger partial charge in [-0.15, -0.1) is 11.6 Å². The van der Waals surface area contributed by atoms with Gasteiger partial charge in [-0.1, -0.05) is 98.3 Å². The predicted molar refractivity (Wildman–Crippen MR) is 405 cm³/mol. The highest BCUT2D eigenvalue weighted by Gasteiger charge is 2.53. The van der Waals surface area contributed by atoms with Gasteiger partial charge in [-0.3, -0.25) is 62.9 Å². The van der Waals surface area contributed by atoms with Crippen molar-refractivity contribution in [3.63, 3.8) is 0 Å². The summed E-state index contributed by atoms with van der Waals surface area (Å²) in [5.41, 5.74) is -1.62. The van der Waals surface area contributed by atoms with Crippen LogP contribution in [0.4, 0.5) is 13.2 Å². The van der Waals surface area contributed by atoms with Crippen LogP contribution < -0.4 is 21.3 Å². The van der Waals surface area contributed by atoms with Gasteiger partial charge in [-0.25, -0.2) is 0 Å². The lowest BCUT2D eigenvalue weighted by atomic mass is 9.78. The molecule has 1 spiro atoms.